The molecule has 2 atom stereocenters. The van der Waals surface area contributed by atoms with E-state index in [1.807, 2.05) is 4.90 Å². The fourth-order valence-corrected chi connectivity index (χ4v) is 2.93. The Kier molecular flexibility index (Phi) is 4.43. The Hall–Kier alpha value is -0.840. The highest BCUT2D eigenvalue weighted by molar-refractivity contribution is 9.09. The normalized spacial score (nSPS) is 21.9. The average Bonchev–Trinajstić information content (AvgIpc) is 2.75. The molecule has 18 heavy (non-hydrogen) atoms. The highest BCUT2D eigenvalue weighted by Crippen LogP contribution is 2.24. The van der Waals surface area contributed by atoms with Crippen LogP contribution in [0.5, 0.6) is 0 Å². The number of halogens is 1. The van der Waals surface area contributed by atoms with Crippen LogP contribution in [0.3, 0.4) is 0 Å². The fourth-order valence-electron chi connectivity index (χ4n) is 2.50. The lowest BCUT2D eigenvalue weighted by atomic mass is 9.98. The maximum atomic E-state index is 12.4. The minimum Gasteiger partial charge on any atom is -0.361 e. The quantitative estimate of drug-likeness (QED) is 0.805. The number of piperidine rings is 1. The zero-order valence-corrected chi connectivity index (χ0v) is 12.4. The van der Waals surface area contributed by atoms with Gasteiger partial charge in [0.1, 0.15) is 5.76 Å². The van der Waals surface area contributed by atoms with Gasteiger partial charge in [0.15, 0.2) is 5.69 Å². The molecule has 0 bridgehead atoms. The Bertz CT molecular complexity index is 417. The van der Waals surface area contributed by atoms with Gasteiger partial charge in [0.05, 0.1) is 0 Å². The van der Waals surface area contributed by atoms with Crippen LogP contribution in [-0.2, 0) is 0 Å². The summed E-state index contributed by atoms with van der Waals surface area (Å²) < 4.78 is 4.99. The van der Waals surface area contributed by atoms with Crippen molar-refractivity contribution in [3.8, 4) is 0 Å². The molecule has 2 heterocycles. The lowest BCUT2D eigenvalue weighted by Gasteiger charge is -2.36. The van der Waals surface area contributed by atoms with Crippen LogP contribution in [0.2, 0.25) is 0 Å². The Balaban J connectivity index is 2.10. The van der Waals surface area contributed by atoms with Gasteiger partial charge < -0.3 is 9.42 Å². The molecule has 1 saturated heterocycles. The predicted molar refractivity (Wildman–Crippen MR) is 72.9 cm³/mol. The van der Waals surface area contributed by atoms with Crippen molar-refractivity contribution in [1.82, 2.24) is 10.1 Å². The van der Waals surface area contributed by atoms with Crippen LogP contribution in [0.4, 0.5) is 0 Å². The van der Waals surface area contributed by atoms with Crippen molar-refractivity contribution < 1.29 is 9.32 Å². The van der Waals surface area contributed by atoms with Crippen LogP contribution in [-0.4, -0.2) is 33.4 Å². The summed E-state index contributed by atoms with van der Waals surface area (Å²) in [6, 6.07) is 2.03. The first-order valence-corrected chi connectivity index (χ1v) is 7.38. The molecule has 5 heteroatoms. The second-order valence-corrected chi connectivity index (χ2v) is 6.55. The van der Waals surface area contributed by atoms with Crippen LogP contribution >= 0.6 is 15.9 Å². The summed E-state index contributed by atoms with van der Waals surface area (Å²) >= 11 is 3.57. The molecule has 4 nitrogen and oxygen atoms in total. The molecular weight excluding hydrogens is 296 g/mol. The summed E-state index contributed by atoms with van der Waals surface area (Å²) in [5.41, 5.74) is 0.432. The SMILES string of the molecule is Cc1cc(C(=O)N2CCCCC2CC(C)Br)no1. The van der Waals surface area contributed by atoms with Crippen molar-refractivity contribution in [2.45, 2.75) is 50.4 Å². The summed E-state index contributed by atoms with van der Waals surface area (Å²) in [4.78, 5) is 14.8. The molecule has 2 rings (SSSR count). The molecule has 0 aliphatic carbocycles. The molecule has 1 aliphatic heterocycles. The number of aryl methyl sites for hydroxylation is 1. The fraction of sp³-hybridized carbons (Fsp3) is 0.692. The Morgan fingerprint density at radius 2 is 2.44 bits per heavy atom. The van der Waals surface area contributed by atoms with Crippen LogP contribution in [0.15, 0.2) is 10.6 Å². The maximum Gasteiger partial charge on any atom is 0.276 e. The number of carbonyl (C=O) groups is 1. The molecule has 1 aromatic heterocycles. The Labute approximate surface area is 116 Å². The van der Waals surface area contributed by atoms with E-state index in [0.29, 0.717) is 22.3 Å². The summed E-state index contributed by atoms with van der Waals surface area (Å²) in [5.74, 6) is 0.686. The first-order chi connectivity index (χ1) is 8.58. The molecule has 1 fully saturated rings. The molecule has 1 aliphatic rings. The number of rotatable bonds is 3. The molecule has 0 radical (unpaired) electrons. The third-order valence-electron chi connectivity index (χ3n) is 3.33. The second-order valence-electron chi connectivity index (χ2n) is 4.99. The lowest BCUT2D eigenvalue weighted by molar-refractivity contribution is 0.0592. The summed E-state index contributed by atoms with van der Waals surface area (Å²) in [5, 5.41) is 3.83. The van der Waals surface area contributed by atoms with E-state index in [-0.39, 0.29) is 5.91 Å². The molecule has 100 valence electrons. The highest BCUT2D eigenvalue weighted by Gasteiger charge is 2.29. The van der Waals surface area contributed by atoms with Gasteiger partial charge in [0, 0.05) is 23.5 Å². The average molecular weight is 315 g/mol. The monoisotopic (exact) mass is 314 g/mol. The third-order valence-corrected chi connectivity index (χ3v) is 3.71. The largest absolute Gasteiger partial charge is 0.361 e. The Morgan fingerprint density at radius 3 is 3.06 bits per heavy atom. The molecular formula is C13H19BrN2O2. The highest BCUT2D eigenvalue weighted by atomic mass is 79.9. The van der Waals surface area contributed by atoms with Crippen molar-refractivity contribution in [1.29, 1.82) is 0 Å². The predicted octanol–water partition coefficient (Wildman–Crippen LogP) is 3.15. The minimum atomic E-state index is 0.00435. The zero-order chi connectivity index (χ0) is 13.1. The smallest absolute Gasteiger partial charge is 0.276 e. The van der Waals surface area contributed by atoms with E-state index in [1.165, 1.54) is 6.42 Å². The van der Waals surface area contributed by atoms with E-state index in [9.17, 15) is 4.79 Å². The number of amides is 1. The molecule has 2 unspecified atom stereocenters. The Morgan fingerprint density at radius 1 is 1.67 bits per heavy atom. The van der Waals surface area contributed by atoms with Crippen molar-refractivity contribution in [3.63, 3.8) is 0 Å². The number of likely N-dealkylation sites (tertiary alicyclic amines) is 1. The van der Waals surface area contributed by atoms with Gasteiger partial charge in [-0.2, -0.15) is 0 Å². The number of aromatic nitrogens is 1. The van der Waals surface area contributed by atoms with Crippen molar-refractivity contribution >= 4 is 21.8 Å². The van der Waals surface area contributed by atoms with E-state index in [0.717, 1.165) is 25.8 Å². The van der Waals surface area contributed by atoms with E-state index >= 15 is 0 Å². The molecule has 1 amide bonds. The van der Waals surface area contributed by atoms with Crippen molar-refractivity contribution in [3.05, 3.63) is 17.5 Å². The molecule has 0 spiro atoms. The number of hydrogen-bond donors (Lipinski definition) is 0. The lowest BCUT2D eigenvalue weighted by Crippen LogP contribution is -2.44. The van der Waals surface area contributed by atoms with Gasteiger partial charge in [-0.25, -0.2) is 0 Å². The zero-order valence-electron chi connectivity index (χ0n) is 10.9. The first-order valence-electron chi connectivity index (χ1n) is 6.46. The van der Waals surface area contributed by atoms with Crippen molar-refractivity contribution in [2.75, 3.05) is 6.54 Å². The van der Waals surface area contributed by atoms with E-state index in [4.69, 9.17) is 4.52 Å². The van der Waals surface area contributed by atoms with Gasteiger partial charge in [0.25, 0.3) is 5.91 Å². The number of carbonyl (C=O) groups excluding carboxylic acids is 1. The summed E-state index contributed by atoms with van der Waals surface area (Å²) in [7, 11) is 0. The van der Waals surface area contributed by atoms with Gasteiger partial charge in [-0.1, -0.05) is 28.0 Å². The molecule has 1 aromatic rings. The van der Waals surface area contributed by atoms with Crippen LogP contribution in [0, 0.1) is 6.92 Å². The second kappa shape index (κ2) is 5.87. The van der Waals surface area contributed by atoms with Crippen LogP contribution < -0.4 is 0 Å². The van der Waals surface area contributed by atoms with Crippen molar-refractivity contribution in [2.24, 2.45) is 0 Å². The van der Waals surface area contributed by atoms with Crippen LogP contribution in [0.25, 0.3) is 0 Å². The van der Waals surface area contributed by atoms with Gasteiger partial charge in [0.2, 0.25) is 0 Å². The van der Waals surface area contributed by atoms with Gasteiger partial charge in [-0.05, 0) is 32.6 Å². The number of nitrogens with zero attached hydrogens (tertiary/aromatic N) is 2. The van der Waals surface area contributed by atoms with Crippen LogP contribution in [0.1, 0.15) is 48.9 Å². The maximum absolute atomic E-state index is 12.4. The van der Waals surface area contributed by atoms with E-state index in [2.05, 4.69) is 28.0 Å². The topological polar surface area (TPSA) is 46.3 Å². The molecule has 0 aromatic carbocycles. The van der Waals surface area contributed by atoms with Gasteiger partial charge in [-0.15, -0.1) is 0 Å². The number of hydrogen-bond acceptors (Lipinski definition) is 3. The molecule has 0 saturated carbocycles. The van der Waals surface area contributed by atoms with Gasteiger partial charge in [-0.3, -0.25) is 4.79 Å². The number of alkyl halides is 1. The summed E-state index contributed by atoms with van der Waals surface area (Å²) in [6.45, 7) is 4.75. The molecule has 0 N–H and O–H groups in total. The first kappa shape index (κ1) is 13.6. The van der Waals surface area contributed by atoms with E-state index in [1.54, 1.807) is 13.0 Å². The summed E-state index contributed by atoms with van der Waals surface area (Å²) in [6.07, 6.45) is 4.35. The van der Waals surface area contributed by atoms with Gasteiger partial charge >= 0.3 is 0 Å². The minimum absolute atomic E-state index is 0.00435. The third kappa shape index (κ3) is 3.13. The van der Waals surface area contributed by atoms with E-state index < -0.39 is 0 Å². The standard InChI is InChI=1S/C13H19BrN2O2/c1-9(14)7-11-5-3-4-6-16(11)13(17)12-8-10(2)18-15-12/h8-9,11H,3-7H2,1-2H3.